The molecule has 1 heterocycles. The Morgan fingerprint density at radius 2 is 2.04 bits per heavy atom. The van der Waals surface area contributed by atoms with E-state index in [4.69, 9.17) is 9.73 Å². The van der Waals surface area contributed by atoms with Gasteiger partial charge in [-0.05, 0) is 38.6 Å². The summed E-state index contributed by atoms with van der Waals surface area (Å²) in [5.41, 5.74) is 1.17. The van der Waals surface area contributed by atoms with Gasteiger partial charge in [0.2, 0.25) is 0 Å². The van der Waals surface area contributed by atoms with Crippen LogP contribution in [-0.4, -0.2) is 69.8 Å². The zero-order valence-electron chi connectivity index (χ0n) is 16.8. The van der Waals surface area contributed by atoms with E-state index in [1.807, 2.05) is 12.1 Å². The van der Waals surface area contributed by atoms with Crippen molar-refractivity contribution in [1.29, 1.82) is 0 Å². The van der Waals surface area contributed by atoms with Crippen LogP contribution in [-0.2, 0) is 0 Å². The normalized spacial score (nSPS) is 17.7. The van der Waals surface area contributed by atoms with Crippen molar-refractivity contribution in [2.24, 2.45) is 4.99 Å². The first kappa shape index (κ1) is 20.4. The van der Waals surface area contributed by atoms with Gasteiger partial charge in [-0.1, -0.05) is 26.0 Å². The fraction of sp³-hybridized carbons (Fsp3) is 0.650. The highest BCUT2D eigenvalue weighted by Crippen LogP contribution is 2.30. The lowest BCUT2D eigenvalue weighted by Gasteiger charge is -2.22. The second-order valence-electron chi connectivity index (χ2n) is 6.54. The first-order valence-corrected chi connectivity index (χ1v) is 9.86. The Morgan fingerprint density at radius 1 is 1.27 bits per heavy atom. The Morgan fingerprint density at radius 3 is 2.73 bits per heavy atom. The Hall–Kier alpha value is -1.95. The molecule has 2 rings (SSSR count). The lowest BCUT2D eigenvalue weighted by molar-refractivity contribution is 0.313. The molecule has 1 aliphatic rings. The molecule has 1 fully saturated rings. The van der Waals surface area contributed by atoms with Gasteiger partial charge in [-0.3, -0.25) is 4.99 Å². The molecule has 0 radical (unpaired) electrons. The van der Waals surface area contributed by atoms with Crippen LogP contribution in [0.2, 0.25) is 0 Å². The number of anilines is 1. The predicted octanol–water partition coefficient (Wildman–Crippen LogP) is 2.17. The van der Waals surface area contributed by atoms with Crippen LogP contribution in [0.4, 0.5) is 5.69 Å². The third-order valence-electron chi connectivity index (χ3n) is 4.88. The minimum Gasteiger partial charge on any atom is -0.495 e. The van der Waals surface area contributed by atoms with Crippen LogP contribution in [0.3, 0.4) is 0 Å². The Bertz CT molecular complexity index is 559. The van der Waals surface area contributed by atoms with Crippen molar-refractivity contribution in [3.63, 3.8) is 0 Å². The molecule has 146 valence electrons. The van der Waals surface area contributed by atoms with Gasteiger partial charge in [0.05, 0.1) is 19.3 Å². The fourth-order valence-corrected chi connectivity index (χ4v) is 3.34. The van der Waals surface area contributed by atoms with Gasteiger partial charge < -0.3 is 25.2 Å². The van der Waals surface area contributed by atoms with E-state index in [2.05, 4.69) is 53.3 Å². The van der Waals surface area contributed by atoms with Gasteiger partial charge in [-0.2, -0.15) is 0 Å². The number of aliphatic imine (C=N–C) groups is 1. The van der Waals surface area contributed by atoms with Crippen molar-refractivity contribution >= 4 is 11.6 Å². The van der Waals surface area contributed by atoms with Crippen LogP contribution in [0.25, 0.3) is 0 Å². The monoisotopic (exact) mass is 361 g/mol. The molecule has 6 nitrogen and oxygen atoms in total. The minimum atomic E-state index is 0.395. The number of hydrogen-bond donors (Lipinski definition) is 2. The van der Waals surface area contributed by atoms with E-state index in [9.17, 15) is 0 Å². The van der Waals surface area contributed by atoms with E-state index in [-0.39, 0.29) is 0 Å². The number of hydrogen-bond acceptors (Lipinski definition) is 4. The summed E-state index contributed by atoms with van der Waals surface area (Å²) in [6.45, 7) is 13.3. The molecule has 0 aromatic heterocycles. The molecular weight excluding hydrogens is 326 g/mol. The number of ether oxygens (including phenoxy) is 1. The highest BCUT2D eigenvalue weighted by atomic mass is 16.5. The number of nitrogens with one attached hydrogen (secondary N) is 2. The van der Waals surface area contributed by atoms with Crippen LogP contribution in [0.1, 0.15) is 27.2 Å². The van der Waals surface area contributed by atoms with Crippen LogP contribution in [0.15, 0.2) is 29.3 Å². The lowest BCUT2D eigenvalue weighted by atomic mass is 10.2. The largest absolute Gasteiger partial charge is 0.495 e. The molecule has 0 bridgehead atoms. The van der Waals surface area contributed by atoms with Crippen LogP contribution < -0.4 is 20.3 Å². The van der Waals surface area contributed by atoms with E-state index in [1.54, 1.807) is 7.11 Å². The summed E-state index contributed by atoms with van der Waals surface area (Å²) in [6, 6.07) is 8.63. The number of methoxy groups -OCH3 is 1. The van der Waals surface area contributed by atoms with E-state index in [0.29, 0.717) is 6.04 Å². The third-order valence-corrected chi connectivity index (χ3v) is 4.88. The predicted molar refractivity (Wildman–Crippen MR) is 111 cm³/mol. The first-order chi connectivity index (χ1) is 12.7. The molecule has 0 spiro atoms. The molecule has 0 aliphatic carbocycles. The van der Waals surface area contributed by atoms with Gasteiger partial charge >= 0.3 is 0 Å². The highest BCUT2D eigenvalue weighted by molar-refractivity contribution is 5.80. The average Bonchev–Trinajstić information content (AvgIpc) is 3.13. The van der Waals surface area contributed by atoms with Crippen LogP contribution in [0, 0.1) is 0 Å². The van der Waals surface area contributed by atoms with Crippen molar-refractivity contribution < 1.29 is 4.74 Å². The van der Waals surface area contributed by atoms with Crippen molar-refractivity contribution in [2.45, 2.75) is 33.2 Å². The highest BCUT2D eigenvalue weighted by Gasteiger charge is 2.25. The summed E-state index contributed by atoms with van der Waals surface area (Å²) in [7, 11) is 1.73. The molecule has 6 heteroatoms. The SMILES string of the molecule is CCNC(=NCCN(CC)CC)NC1CCN(c2ccccc2OC)C1. The summed E-state index contributed by atoms with van der Waals surface area (Å²) >= 11 is 0. The lowest BCUT2D eigenvalue weighted by Crippen LogP contribution is -2.45. The molecule has 0 saturated carbocycles. The van der Waals surface area contributed by atoms with Gasteiger partial charge in [0.15, 0.2) is 5.96 Å². The molecule has 1 aliphatic heterocycles. The summed E-state index contributed by atoms with van der Waals surface area (Å²) in [4.78, 5) is 9.53. The summed E-state index contributed by atoms with van der Waals surface area (Å²) in [5, 5.41) is 6.98. The third kappa shape index (κ3) is 5.80. The van der Waals surface area contributed by atoms with E-state index in [0.717, 1.165) is 63.9 Å². The maximum atomic E-state index is 5.51. The van der Waals surface area contributed by atoms with Gasteiger partial charge in [0.1, 0.15) is 5.75 Å². The molecule has 1 atom stereocenters. The molecule has 0 amide bonds. The smallest absolute Gasteiger partial charge is 0.191 e. The second kappa shape index (κ2) is 10.9. The molecule has 2 N–H and O–H groups in total. The number of rotatable bonds is 9. The van der Waals surface area contributed by atoms with Gasteiger partial charge in [0.25, 0.3) is 0 Å². The van der Waals surface area contributed by atoms with Gasteiger partial charge in [-0.25, -0.2) is 0 Å². The quantitative estimate of drug-likeness (QED) is 0.521. The molecule has 26 heavy (non-hydrogen) atoms. The average molecular weight is 362 g/mol. The van der Waals surface area contributed by atoms with Crippen molar-refractivity contribution in [2.75, 3.05) is 57.8 Å². The maximum Gasteiger partial charge on any atom is 0.191 e. The van der Waals surface area contributed by atoms with Gasteiger partial charge in [0, 0.05) is 32.2 Å². The molecule has 1 aromatic rings. The summed E-state index contributed by atoms with van der Waals surface area (Å²) in [6.07, 6.45) is 1.10. The number of guanidine groups is 1. The maximum absolute atomic E-state index is 5.51. The number of para-hydroxylation sites is 2. The standard InChI is InChI=1S/C20H35N5O/c1-5-21-20(22-13-15-24(6-2)7-3)23-17-12-14-25(16-17)18-10-8-9-11-19(18)26-4/h8-11,17H,5-7,12-16H2,1-4H3,(H2,21,22,23). The van der Waals surface area contributed by atoms with E-state index in [1.165, 1.54) is 5.69 Å². The second-order valence-corrected chi connectivity index (χ2v) is 6.54. The van der Waals surface area contributed by atoms with Crippen molar-refractivity contribution in [1.82, 2.24) is 15.5 Å². The van der Waals surface area contributed by atoms with Crippen LogP contribution in [0.5, 0.6) is 5.75 Å². The summed E-state index contributed by atoms with van der Waals surface area (Å²) < 4.78 is 5.51. The molecule has 1 unspecified atom stereocenters. The zero-order valence-corrected chi connectivity index (χ0v) is 16.8. The van der Waals surface area contributed by atoms with Crippen molar-refractivity contribution in [3.8, 4) is 5.75 Å². The first-order valence-electron chi connectivity index (χ1n) is 9.86. The number of likely N-dealkylation sites (N-methyl/N-ethyl adjacent to an activating group) is 1. The zero-order chi connectivity index (χ0) is 18.8. The Labute approximate surface area is 158 Å². The topological polar surface area (TPSA) is 52.1 Å². The summed E-state index contributed by atoms with van der Waals surface area (Å²) in [5.74, 6) is 1.86. The van der Waals surface area contributed by atoms with Gasteiger partial charge in [-0.15, -0.1) is 0 Å². The molecule has 1 saturated heterocycles. The van der Waals surface area contributed by atoms with Crippen LogP contribution >= 0.6 is 0 Å². The Kier molecular flexibility index (Phi) is 8.54. The number of benzene rings is 1. The number of nitrogens with zero attached hydrogens (tertiary/aromatic N) is 3. The fourth-order valence-electron chi connectivity index (χ4n) is 3.34. The van der Waals surface area contributed by atoms with Crippen molar-refractivity contribution in [3.05, 3.63) is 24.3 Å². The Balaban J connectivity index is 1.91. The van der Waals surface area contributed by atoms with E-state index < -0.39 is 0 Å². The molecule has 1 aromatic carbocycles. The minimum absolute atomic E-state index is 0.395. The van der Waals surface area contributed by atoms with E-state index >= 15 is 0 Å². The molecular formula is C20H35N5O.